The molecule has 1 fully saturated rings. The third-order valence-electron chi connectivity index (χ3n) is 3.66. The molecule has 0 aromatic rings. The van der Waals surface area contributed by atoms with Gasteiger partial charge in [-0.25, -0.2) is 0 Å². The number of nitrogens with one attached hydrogen (secondary N) is 1. The molecule has 1 aliphatic carbocycles. The minimum absolute atomic E-state index is 0.410. The molecule has 14 heavy (non-hydrogen) atoms. The SMILES string of the molecule is CC(CNC1CCC(N)C1)C(C)(C)C. The molecule has 0 aliphatic heterocycles. The van der Waals surface area contributed by atoms with E-state index in [-0.39, 0.29) is 0 Å². The molecule has 3 N–H and O–H groups in total. The molecule has 0 amide bonds. The zero-order chi connectivity index (χ0) is 10.8. The van der Waals surface area contributed by atoms with Crippen LogP contribution in [0.4, 0.5) is 0 Å². The summed E-state index contributed by atoms with van der Waals surface area (Å²) in [5.41, 5.74) is 6.29. The van der Waals surface area contributed by atoms with E-state index in [0.717, 1.165) is 18.9 Å². The molecule has 2 nitrogen and oxygen atoms in total. The van der Waals surface area contributed by atoms with Crippen molar-refractivity contribution in [3.8, 4) is 0 Å². The first kappa shape index (κ1) is 12.0. The smallest absolute Gasteiger partial charge is 0.00824 e. The molecule has 3 unspecified atom stereocenters. The number of hydrogen-bond acceptors (Lipinski definition) is 2. The predicted octanol–water partition coefficient (Wildman–Crippen LogP) is 2.14. The summed E-state index contributed by atoms with van der Waals surface area (Å²) in [6.45, 7) is 10.4. The Bertz CT molecular complexity index is 172. The molecule has 1 saturated carbocycles. The van der Waals surface area contributed by atoms with Gasteiger partial charge >= 0.3 is 0 Å². The Labute approximate surface area is 88.6 Å². The van der Waals surface area contributed by atoms with Crippen LogP contribution in [0.1, 0.15) is 47.0 Å². The van der Waals surface area contributed by atoms with Crippen molar-refractivity contribution in [1.29, 1.82) is 0 Å². The maximum absolute atomic E-state index is 5.88. The average Bonchev–Trinajstić information content (AvgIpc) is 2.45. The Morgan fingerprint density at radius 1 is 1.36 bits per heavy atom. The largest absolute Gasteiger partial charge is 0.328 e. The van der Waals surface area contributed by atoms with Crippen LogP contribution in [0.5, 0.6) is 0 Å². The molecule has 0 saturated heterocycles. The van der Waals surface area contributed by atoms with E-state index in [1.54, 1.807) is 0 Å². The summed E-state index contributed by atoms with van der Waals surface area (Å²) in [6, 6.07) is 1.12. The Morgan fingerprint density at radius 2 is 2.00 bits per heavy atom. The van der Waals surface area contributed by atoms with Crippen LogP contribution < -0.4 is 11.1 Å². The number of rotatable bonds is 3. The van der Waals surface area contributed by atoms with Gasteiger partial charge in [0.2, 0.25) is 0 Å². The van der Waals surface area contributed by atoms with Crippen LogP contribution in [0.3, 0.4) is 0 Å². The first-order chi connectivity index (χ1) is 6.39. The summed E-state index contributed by atoms with van der Waals surface area (Å²) in [5, 5.41) is 3.64. The number of hydrogen-bond donors (Lipinski definition) is 2. The van der Waals surface area contributed by atoms with Gasteiger partial charge in [-0.1, -0.05) is 27.7 Å². The zero-order valence-corrected chi connectivity index (χ0v) is 10.1. The van der Waals surface area contributed by atoms with Crippen molar-refractivity contribution >= 4 is 0 Å². The lowest BCUT2D eigenvalue weighted by atomic mass is 9.82. The van der Waals surface area contributed by atoms with E-state index in [9.17, 15) is 0 Å². The second-order valence-corrected chi connectivity index (χ2v) is 5.95. The van der Waals surface area contributed by atoms with E-state index in [4.69, 9.17) is 5.73 Å². The summed E-state index contributed by atoms with van der Waals surface area (Å²) in [5.74, 6) is 0.722. The Kier molecular flexibility index (Phi) is 3.96. The van der Waals surface area contributed by atoms with Crippen LogP contribution in [0.25, 0.3) is 0 Å². The summed E-state index contributed by atoms with van der Waals surface area (Å²) < 4.78 is 0. The highest BCUT2D eigenvalue weighted by molar-refractivity contribution is 4.84. The van der Waals surface area contributed by atoms with Gasteiger partial charge in [0.05, 0.1) is 0 Å². The van der Waals surface area contributed by atoms with Gasteiger partial charge < -0.3 is 11.1 Å². The normalized spacial score (nSPS) is 30.6. The van der Waals surface area contributed by atoms with Gasteiger partial charge in [-0.15, -0.1) is 0 Å². The van der Waals surface area contributed by atoms with Gasteiger partial charge in [-0.05, 0) is 37.1 Å². The van der Waals surface area contributed by atoms with Crippen LogP contribution in [0, 0.1) is 11.3 Å². The first-order valence-electron chi connectivity index (χ1n) is 5.88. The monoisotopic (exact) mass is 198 g/mol. The van der Waals surface area contributed by atoms with Gasteiger partial charge in [-0.2, -0.15) is 0 Å². The lowest BCUT2D eigenvalue weighted by Crippen LogP contribution is -2.36. The van der Waals surface area contributed by atoms with Crippen molar-refractivity contribution in [1.82, 2.24) is 5.32 Å². The van der Waals surface area contributed by atoms with Crippen molar-refractivity contribution in [3.05, 3.63) is 0 Å². The number of nitrogens with two attached hydrogens (primary N) is 1. The maximum Gasteiger partial charge on any atom is 0.00824 e. The standard InChI is InChI=1S/C12H26N2/c1-9(12(2,3)4)8-14-11-6-5-10(13)7-11/h9-11,14H,5-8,13H2,1-4H3. The quantitative estimate of drug-likeness (QED) is 0.729. The van der Waals surface area contributed by atoms with Crippen molar-refractivity contribution < 1.29 is 0 Å². The second kappa shape index (κ2) is 4.63. The topological polar surface area (TPSA) is 38.0 Å². The van der Waals surface area contributed by atoms with Crippen LogP contribution in [0.2, 0.25) is 0 Å². The molecule has 2 heteroatoms. The molecular formula is C12H26N2. The molecule has 0 spiro atoms. The van der Waals surface area contributed by atoms with Crippen LogP contribution in [-0.2, 0) is 0 Å². The van der Waals surface area contributed by atoms with E-state index < -0.39 is 0 Å². The fourth-order valence-corrected chi connectivity index (χ4v) is 1.85. The minimum atomic E-state index is 0.410. The van der Waals surface area contributed by atoms with Gasteiger partial charge in [0, 0.05) is 12.1 Å². The molecule has 0 heterocycles. The zero-order valence-electron chi connectivity index (χ0n) is 10.1. The molecule has 0 radical (unpaired) electrons. The third-order valence-corrected chi connectivity index (χ3v) is 3.66. The fourth-order valence-electron chi connectivity index (χ4n) is 1.85. The molecule has 0 aromatic carbocycles. The Morgan fingerprint density at radius 3 is 2.43 bits per heavy atom. The van der Waals surface area contributed by atoms with Crippen LogP contribution in [0.15, 0.2) is 0 Å². The molecule has 1 aliphatic rings. The summed E-state index contributed by atoms with van der Waals surface area (Å²) in [6.07, 6.45) is 3.62. The van der Waals surface area contributed by atoms with Crippen molar-refractivity contribution in [2.75, 3.05) is 6.54 Å². The van der Waals surface area contributed by atoms with Crippen molar-refractivity contribution in [2.45, 2.75) is 59.0 Å². The molecule has 0 aromatic heterocycles. The summed E-state index contributed by atoms with van der Waals surface area (Å²) >= 11 is 0. The third kappa shape index (κ3) is 3.58. The second-order valence-electron chi connectivity index (χ2n) is 5.95. The van der Waals surface area contributed by atoms with Gasteiger partial charge in [0.15, 0.2) is 0 Å². The van der Waals surface area contributed by atoms with Crippen LogP contribution >= 0.6 is 0 Å². The highest BCUT2D eigenvalue weighted by Crippen LogP contribution is 2.25. The molecule has 0 bridgehead atoms. The molecule has 1 rings (SSSR count). The first-order valence-corrected chi connectivity index (χ1v) is 5.88. The van der Waals surface area contributed by atoms with Crippen molar-refractivity contribution in [2.24, 2.45) is 17.1 Å². The van der Waals surface area contributed by atoms with Gasteiger partial charge in [-0.3, -0.25) is 0 Å². The highest BCUT2D eigenvalue weighted by atomic mass is 14.9. The average molecular weight is 198 g/mol. The van der Waals surface area contributed by atoms with E-state index in [0.29, 0.717) is 17.5 Å². The summed E-state index contributed by atoms with van der Waals surface area (Å²) in [4.78, 5) is 0. The maximum atomic E-state index is 5.88. The lowest BCUT2D eigenvalue weighted by Gasteiger charge is -2.28. The predicted molar refractivity (Wildman–Crippen MR) is 62.2 cm³/mol. The Hall–Kier alpha value is -0.0800. The lowest BCUT2D eigenvalue weighted by molar-refractivity contribution is 0.245. The van der Waals surface area contributed by atoms with E-state index in [1.165, 1.54) is 12.8 Å². The van der Waals surface area contributed by atoms with Crippen LogP contribution in [-0.4, -0.2) is 18.6 Å². The fraction of sp³-hybridized carbons (Fsp3) is 1.00. The van der Waals surface area contributed by atoms with Gasteiger partial charge in [0.1, 0.15) is 0 Å². The Balaban J connectivity index is 2.21. The highest BCUT2D eigenvalue weighted by Gasteiger charge is 2.24. The van der Waals surface area contributed by atoms with E-state index >= 15 is 0 Å². The van der Waals surface area contributed by atoms with E-state index in [2.05, 4.69) is 33.0 Å². The molecule has 84 valence electrons. The van der Waals surface area contributed by atoms with E-state index in [1.807, 2.05) is 0 Å². The summed E-state index contributed by atoms with van der Waals surface area (Å²) in [7, 11) is 0. The molecular weight excluding hydrogens is 172 g/mol. The van der Waals surface area contributed by atoms with Crippen molar-refractivity contribution in [3.63, 3.8) is 0 Å². The van der Waals surface area contributed by atoms with Gasteiger partial charge in [0.25, 0.3) is 0 Å². The molecule has 3 atom stereocenters. The minimum Gasteiger partial charge on any atom is -0.328 e.